The maximum atomic E-state index is 3.43. The Morgan fingerprint density at radius 1 is 0.882 bits per heavy atom. The molecule has 0 spiro atoms. The highest BCUT2D eigenvalue weighted by molar-refractivity contribution is 5.52. The Hall–Kier alpha value is -2.02. The van der Waals surface area contributed by atoms with Crippen molar-refractivity contribution in [2.45, 2.75) is 13.0 Å². The van der Waals surface area contributed by atoms with Crippen LogP contribution in [-0.2, 0) is 0 Å². The first-order chi connectivity index (χ1) is 8.34. The van der Waals surface area contributed by atoms with Gasteiger partial charge < -0.3 is 5.32 Å². The summed E-state index contributed by atoms with van der Waals surface area (Å²) in [6, 6.07) is 20.9. The van der Waals surface area contributed by atoms with Gasteiger partial charge in [-0.3, -0.25) is 0 Å². The van der Waals surface area contributed by atoms with Gasteiger partial charge in [0, 0.05) is 11.7 Å². The monoisotopic (exact) mass is 223 g/mol. The normalized spacial score (nSPS) is 12.5. The molecule has 1 atom stereocenters. The molecule has 2 aromatic rings. The number of anilines is 1. The molecule has 1 unspecified atom stereocenters. The van der Waals surface area contributed by atoms with Crippen LogP contribution in [-0.4, -0.2) is 6.04 Å². The van der Waals surface area contributed by atoms with Crippen LogP contribution in [0, 0.1) is 0 Å². The van der Waals surface area contributed by atoms with Crippen molar-refractivity contribution in [1.82, 2.24) is 0 Å². The molecule has 0 aliphatic rings. The van der Waals surface area contributed by atoms with E-state index < -0.39 is 0 Å². The van der Waals surface area contributed by atoms with Crippen molar-refractivity contribution < 1.29 is 0 Å². The maximum absolute atomic E-state index is 3.43. The Labute approximate surface area is 103 Å². The Kier molecular flexibility index (Phi) is 3.98. The smallest absolute Gasteiger partial charge is 0.0419 e. The van der Waals surface area contributed by atoms with Crippen molar-refractivity contribution in [3.8, 4) is 0 Å². The van der Waals surface area contributed by atoms with E-state index in [-0.39, 0.29) is 0 Å². The van der Waals surface area contributed by atoms with Crippen molar-refractivity contribution in [3.63, 3.8) is 0 Å². The summed E-state index contributed by atoms with van der Waals surface area (Å²) >= 11 is 0. The van der Waals surface area contributed by atoms with Crippen LogP contribution in [0.5, 0.6) is 0 Å². The molecular weight excluding hydrogens is 206 g/mol. The molecule has 0 saturated heterocycles. The number of benzene rings is 2. The molecule has 2 rings (SSSR count). The van der Waals surface area contributed by atoms with Crippen LogP contribution in [0.1, 0.15) is 12.5 Å². The molecule has 0 saturated carbocycles. The highest BCUT2D eigenvalue weighted by Gasteiger charge is 1.95. The summed E-state index contributed by atoms with van der Waals surface area (Å²) < 4.78 is 0. The first-order valence-corrected chi connectivity index (χ1v) is 5.89. The van der Waals surface area contributed by atoms with Crippen molar-refractivity contribution in [2.75, 3.05) is 5.32 Å². The predicted molar refractivity (Wildman–Crippen MR) is 75.0 cm³/mol. The number of para-hydroxylation sites is 1. The lowest BCUT2D eigenvalue weighted by molar-refractivity contribution is 1.00. The molecule has 1 N–H and O–H groups in total. The third-order valence-electron chi connectivity index (χ3n) is 2.55. The molecule has 0 amide bonds. The highest BCUT2D eigenvalue weighted by atomic mass is 14.9. The Morgan fingerprint density at radius 3 is 2.12 bits per heavy atom. The number of nitrogens with one attached hydrogen (secondary N) is 1. The third kappa shape index (κ3) is 3.80. The van der Waals surface area contributed by atoms with Crippen LogP contribution in [0.15, 0.2) is 66.7 Å². The maximum Gasteiger partial charge on any atom is 0.0419 e. The molecule has 0 heterocycles. The van der Waals surface area contributed by atoms with Crippen LogP contribution < -0.4 is 5.32 Å². The fourth-order valence-corrected chi connectivity index (χ4v) is 1.66. The SMILES string of the molecule is CC(C=Cc1ccccc1)Nc1ccccc1. The Bertz CT molecular complexity index is 459. The zero-order valence-electron chi connectivity index (χ0n) is 10.0. The summed E-state index contributed by atoms with van der Waals surface area (Å²) in [5, 5.41) is 3.43. The fraction of sp³-hybridized carbons (Fsp3) is 0.125. The van der Waals surface area contributed by atoms with Crippen molar-refractivity contribution in [3.05, 3.63) is 72.3 Å². The molecule has 1 nitrogen and oxygen atoms in total. The molecule has 0 aromatic heterocycles. The molecule has 0 fully saturated rings. The van der Waals surface area contributed by atoms with Crippen LogP contribution >= 0.6 is 0 Å². The summed E-state index contributed by atoms with van der Waals surface area (Å²) in [7, 11) is 0. The highest BCUT2D eigenvalue weighted by Crippen LogP contribution is 2.08. The summed E-state index contributed by atoms with van der Waals surface area (Å²) in [4.78, 5) is 0. The second kappa shape index (κ2) is 5.90. The molecule has 0 bridgehead atoms. The molecular formula is C16H17N. The molecule has 86 valence electrons. The third-order valence-corrected chi connectivity index (χ3v) is 2.55. The molecule has 0 radical (unpaired) electrons. The quantitative estimate of drug-likeness (QED) is 0.819. The van der Waals surface area contributed by atoms with Gasteiger partial charge in [-0.2, -0.15) is 0 Å². The molecule has 0 aliphatic heterocycles. The van der Waals surface area contributed by atoms with Gasteiger partial charge in [-0.05, 0) is 24.6 Å². The number of hydrogen-bond acceptors (Lipinski definition) is 1. The lowest BCUT2D eigenvalue weighted by atomic mass is 10.2. The van der Waals surface area contributed by atoms with E-state index in [0.29, 0.717) is 6.04 Å². The minimum absolute atomic E-state index is 0.317. The second-order valence-corrected chi connectivity index (χ2v) is 4.07. The standard InChI is InChI=1S/C16H17N/c1-14(17-16-10-6-3-7-11-16)12-13-15-8-4-2-5-9-15/h2-14,17H,1H3. The largest absolute Gasteiger partial charge is 0.379 e. The van der Waals surface area contributed by atoms with Gasteiger partial charge in [0.05, 0.1) is 0 Å². The zero-order valence-corrected chi connectivity index (χ0v) is 10.0. The van der Waals surface area contributed by atoms with Gasteiger partial charge in [0.1, 0.15) is 0 Å². The predicted octanol–water partition coefficient (Wildman–Crippen LogP) is 4.20. The summed E-state index contributed by atoms with van der Waals surface area (Å²) in [6.45, 7) is 2.15. The van der Waals surface area contributed by atoms with Crippen molar-refractivity contribution >= 4 is 11.8 Å². The molecule has 1 heteroatoms. The zero-order chi connectivity index (χ0) is 11.9. The number of rotatable bonds is 4. The Balaban J connectivity index is 1.94. The van der Waals surface area contributed by atoms with Gasteiger partial charge in [0.15, 0.2) is 0 Å². The summed E-state index contributed by atoms with van der Waals surface area (Å²) in [5.74, 6) is 0. The van der Waals surface area contributed by atoms with E-state index in [4.69, 9.17) is 0 Å². The first-order valence-electron chi connectivity index (χ1n) is 5.89. The van der Waals surface area contributed by atoms with E-state index in [0.717, 1.165) is 5.69 Å². The molecule has 17 heavy (non-hydrogen) atoms. The van der Waals surface area contributed by atoms with Crippen LogP contribution in [0.25, 0.3) is 6.08 Å². The molecule has 0 aliphatic carbocycles. The average molecular weight is 223 g/mol. The van der Waals surface area contributed by atoms with E-state index in [1.54, 1.807) is 0 Å². The summed E-state index contributed by atoms with van der Waals surface area (Å²) in [6.07, 6.45) is 4.31. The van der Waals surface area contributed by atoms with Crippen LogP contribution in [0.4, 0.5) is 5.69 Å². The minimum atomic E-state index is 0.317. The van der Waals surface area contributed by atoms with Gasteiger partial charge in [-0.15, -0.1) is 0 Å². The van der Waals surface area contributed by atoms with E-state index in [1.165, 1.54) is 5.56 Å². The van der Waals surface area contributed by atoms with E-state index in [2.05, 4.69) is 60.8 Å². The van der Waals surface area contributed by atoms with Gasteiger partial charge in [-0.1, -0.05) is 60.7 Å². The second-order valence-electron chi connectivity index (χ2n) is 4.07. The Morgan fingerprint density at radius 2 is 1.47 bits per heavy atom. The van der Waals surface area contributed by atoms with Gasteiger partial charge in [0.2, 0.25) is 0 Å². The van der Waals surface area contributed by atoms with Gasteiger partial charge in [-0.25, -0.2) is 0 Å². The van der Waals surface area contributed by atoms with E-state index in [9.17, 15) is 0 Å². The number of hydrogen-bond donors (Lipinski definition) is 1. The lowest BCUT2D eigenvalue weighted by Crippen LogP contribution is -2.11. The van der Waals surface area contributed by atoms with Crippen LogP contribution in [0.3, 0.4) is 0 Å². The molecule has 2 aromatic carbocycles. The average Bonchev–Trinajstić information content (AvgIpc) is 2.39. The van der Waals surface area contributed by atoms with E-state index >= 15 is 0 Å². The minimum Gasteiger partial charge on any atom is -0.379 e. The topological polar surface area (TPSA) is 12.0 Å². The lowest BCUT2D eigenvalue weighted by Gasteiger charge is -2.10. The van der Waals surface area contributed by atoms with Crippen molar-refractivity contribution in [1.29, 1.82) is 0 Å². The van der Waals surface area contributed by atoms with Crippen LogP contribution in [0.2, 0.25) is 0 Å². The first kappa shape index (κ1) is 11.5. The fourth-order valence-electron chi connectivity index (χ4n) is 1.66. The van der Waals surface area contributed by atoms with Gasteiger partial charge in [0.25, 0.3) is 0 Å². The van der Waals surface area contributed by atoms with Gasteiger partial charge >= 0.3 is 0 Å². The van der Waals surface area contributed by atoms with Crippen molar-refractivity contribution in [2.24, 2.45) is 0 Å². The summed E-state index contributed by atoms with van der Waals surface area (Å²) in [5.41, 5.74) is 2.38. The van der Waals surface area contributed by atoms with E-state index in [1.807, 2.05) is 24.3 Å².